The molecule has 1 fully saturated rings. The van der Waals surface area contributed by atoms with Crippen LogP contribution in [-0.4, -0.2) is 58.4 Å². The Kier molecular flexibility index (Phi) is 6.38. The highest BCUT2D eigenvalue weighted by Crippen LogP contribution is 2.34. The molecule has 5 aromatic rings. The first-order valence-corrected chi connectivity index (χ1v) is 13.1. The molecule has 194 valence electrons. The van der Waals surface area contributed by atoms with Gasteiger partial charge in [-0.3, -0.25) is 9.89 Å². The fraction of sp³-hybridized carbons (Fsp3) is 0.269. The zero-order valence-corrected chi connectivity index (χ0v) is 21.7. The van der Waals surface area contributed by atoms with Gasteiger partial charge in [-0.2, -0.15) is 15.1 Å². The quantitative estimate of drug-likeness (QED) is 0.277. The molecule has 1 aliphatic heterocycles. The number of amides is 1. The summed E-state index contributed by atoms with van der Waals surface area (Å²) in [4.78, 5) is 30.1. The van der Waals surface area contributed by atoms with E-state index >= 15 is 0 Å². The molecule has 38 heavy (non-hydrogen) atoms. The molecule has 1 unspecified atom stereocenters. The Hall–Kier alpha value is -4.45. The standard InChI is InChI=1S/C26H26N8O3S/c1-36-20-8-7-18(11-21(20)37-2)29-23-22-25(38-14-27-22)32-26(31-23)34-9-3-4-16(13-34)24(35)30-17-6-5-15-12-28-33-19(15)10-17/h5-8,10-12,14,16H,3-4,9,13H2,1-2H3,(H,28,33)(H,30,35)(H,29,31,32). The lowest BCUT2D eigenvalue weighted by Gasteiger charge is -2.32. The maximum atomic E-state index is 13.2. The van der Waals surface area contributed by atoms with Gasteiger partial charge in [0.05, 0.1) is 37.4 Å². The lowest BCUT2D eigenvalue weighted by molar-refractivity contribution is -0.120. The van der Waals surface area contributed by atoms with Crippen molar-refractivity contribution in [1.29, 1.82) is 0 Å². The van der Waals surface area contributed by atoms with E-state index in [4.69, 9.17) is 19.4 Å². The Balaban J connectivity index is 1.22. The Morgan fingerprint density at radius 2 is 1.97 bits per heavy atom. The molecule has 0 saturated carbocycles. The van der Waals surface area contributed by atoms with Crippen molar-refractivity contribution in [2.45, 2.75) is 12.8 Å². The Morgan fingerprint density at radius 3 is 2.84 bits per heavy atom. The SMILES string of the molecule is COc1ccc(Nc2nc(N3CCCC(C(=O)Nc4ccc5cn[nH]c5c4)C3)nc3scnc23)cc1OC. The van der Waals surface area contributed by atoms with Crippen LogP contribution in [0.5, 0.6) is 11.5 Å². The maximum absolute atomic E-state index is 13.2. The number of ether oxygens (including phenoxy) is 2. The minimum Gasteiger partial charge on any atom is -0.493 e. The van der Waals surface area contributed by atoms with E-state index in [0.717, 1.165) is 46.5 Å². The van der Waals surface area contributed by atoms with E-state index < -0.39 is 0 Å². The highest BCUT2D eigenvalue weighted by molar-refractivity contribution is 7.16. The summed E-state index contributed by atoms with van der Waals surface area (Å²) in [7, 11) is 3.20. The second-order valence-electron chi connectivity index (χ2n) is 9.02. The van der Waals surface area contributed by atoms with Crippen molar-refractivity contribution < 1.29 is 14.3 Å². The van der Waals surface area contributed by atoms with Crippen molar-refractivity contribution in [2.24, 2.45) is 5.92 Å². The summed E-state index contributed by atoms with van der Waals surface area (Å²) >= 11 is 1.45. The van der Waals surface area contributed by atoms with Crippen molar-refractivity contribution in [1.82, 2.24) is 25.1 Å². The average Bonchev–Trinajstić information content (AvgIpc) is 3.62. The average molecular weight is 531 g/mol. The first-order valence-electron chi connectivity index (χ1n) is 12.2. The molecular weight excluding hydrogens is 504 g/mol. The fourth-order valence-electron chi connectivity index (χ4n) is 4.66. The van der Waals surface area contributed by atoms with Gasteiger partial charge in [0.2, 0.25) is 11.9 Å². The van der Waals surface area contributed by atoms with Crippen LogP contribution in [0, 0.1) is 5.92 Å². The number of methoxy groups -OCH3 is 2. The summed E-state index contributed by atoms with van der Waals surface area (Å²) in [5.74, 6) is 2.21. The highest BCUT2D eigenvalue weighted by atomic mass is 32.1. The van der Waals surface area contributed by atoms with Gasteiger partial charge in [-0.15, -0.1) is 11.3 Å². The molecule has 2 aromatic carbocycles. The van der Waals surface area contributed by atoms with E-state index in [0.29, 0.717) is 35.3 Å². The first kappa shape index (κ1) is 23.9. The van der Waals surface area contributed by atoms with Gasteiger partial charge >= 0.3 is 0 Å². The van der Waals surface area contributed by atoms with E-state index in [1.165, 1.54) is 11.3 Å². The van der Waals surface area contributed by atoms with Crippen LogP contribution in [0.3, 0.4) is 0 Å². The molecule has 0 bridgehead atoms. The molecule has 1 aliphatic rings. The second-order valence-corrected chi connectivity index (χ2v) is 9.85. The summed E-state index contributed by atoms with van der Waals surface area (Å²) in [5, 5.41) is 14.4. The zero-order valence-electron chi connectivity index (χ0n) is 20.9. The maximum Gasteiger partial charge on any atom is 0.229 e. The molecule has 3 aromatic heterocycles. The Labute approximate surface area is 222 Å². The molecular formula is C26H26N8O3S. The minimum absolute atomic E-state index is 0.0175. The number of carbonyl (C=O) groups is 1. The van der Waals surface area contributed by atoms with Gasteiger partial charge in [-0.25, -0.2) is 4.98 Å². The number of rotatable bonds is 7. The van der Waals surface area contributed by atoms with Gasteiger partial charge in [-0.1, -0.05) is 0 Å². The molecule has 4 heterocycles. The van der Waals surface area contributed by atoms with Crippen LogP contribution in [-0.2, 0) is 4.79 Å². The van der Waals surface area contributed by atoms with Gasteiger partial charge in [0.25, 0.3) is 0 Å². The Morgan fingerprint density at radius 1 is 1.11 bits per heavy atom. The van der Waals surface area contributed by atoms with Crippen molar-refractivity contribution in [3.63, 3.8) is 0 Å². The molecule has 1 atom stereocenters. The van der Waals surface area contributed by atoms with Crippen LogP contribution >= 0.6 is 11.3 Å². The Bertz CT molecular complexity index is 1620. The third kappa shape index (κ3) is 4.65. The van der Waals surface area contributed by atoms with Gasteiger partial charge in [-0.05, 0) is 43.2 Å². The van der Waals surface area contributed by atoms with Crippen molar-refractivity contribution in [2.75, 3.05) is 42.8 Å². The second kappa shape index (κ2) is 10.1. The number of fused-ring (bicyclic) bond motifs is 2. The van der Waals surface area contributed by atoms with Crippen LogP contribution < -0.4 is 25.0 Å². The number of piperidine rings is 1. The number of nitrogens with one attached hydrogen (secondary N) is 3. The number of anilines is 4. The summed E-state index contributed by atoms with van der Waals surface area (Å²) < 4.78 is 10.8. The van der Waals surface area contributed by atoms with E-state index in [1.54, 1.807) is 25.9 Å². The number of H-pyrrole nitrogens is 1. The predicted molar refractivity (Wildman–Crippen MR) is 148 cm³/mol. The summed E-state index contributed by atoms with van der Waals surface area (Å²) in [6.45, 7) is 1.29. The van der Waals surface area contributed by atoms with Gasteiger partial charge in [0.15, 0.2) is 22.1 Å². The van der Waals surface area contributed by atoms with E-state index in [9.17, 15) is 4.79 Å². The number of hydrogen-bond acceptors (Lipinski definition) is 10. The molecule has 6 rings (SSSR count). The number of benzene rings is 2. The summed E-state index contributed by atoms with van der Waals surface area (Å²) in [6.07, 6.45) is 3.42. The largest absolute Gasteiger partial charge is 0.493 e. The third-order valence-electron chi connectivity index (χ3n) is 6.62. The van der Waals surface area contributed by atoms with Gasteiger partial charge < -0.3 is 25.0 Å². The minimum atomic E-state index is -0.191. The van der Waals surface area contributed by atoms with Crippen LogP contribution in [0.15, 0.2) is 48.1 Å². The molecule has 1 amide bonds. The third-order valence-corrected chi connectivity index (χ3v) is 7.34. The molecule has 1 saturated heterocycles. The van der Waals surface area contributed by atoms with Crippen molar-refractivity contribution in [3.05, 3.63) is 48.1 Å². The molecule has 12 heteroatoms. The van der Waals surface area contributed by atoms with E-state index in [-0.39, 0.29) is 11.8 Å². The van der Waals surface area contributed by atoms with E-state index in [1.807, 2.05) is 36.4 Å². The molecule has 11 nitrogen and oxygen atoms in total. The molecule has 3 N–H and O–H groups in total. The van der Waals surface area contributed by atoms with Crippen LogP contribution in [0.1, 0.15) is 12.8 Å². The summed E-state index contributed by atoms with van der Waals surface area (Å²) in [6, 6.07) is 11.3. The number of hydrogen-bond donors (Lipinski definition) is 3. The highest BCUT2D eigenvalue weighted by Gasteiger charge is 2.28. The van der Waals surface area contributed by atoms with Crippen LogP contribution in [0.4, 0.5) is 23.1 Å². The lowest BCUT2D eigenvalue weighted by atomic mass is 9.97. The topological polar surface area (TPSA) is 130 Å². The predicted octanol–water partition coefficient (Wildman–Crippen LogP) is 4.58. The van der Waals surface area contributed by atoms with Crippen molar-refractivity contribution in [3.8, 4) is 11.5 Å². The number of aromatic amines is 1. The molecule has 0 aliphatic carbocycles. The zero-order chi connectivity index (χ0) is 26.1. The van der Waals surface area contributed by atoms with Gasteiger partial charge in [0.1, 0.15) is 5.52 Å². The van der Waals surface area contributed by atoms with Crippen molar-refractivity contribution >= 4 is 61.6 Å². The monoisotopic (exact) mass is 530 g/mol. The van der Waals surface area contributed by atoms with Crippen LogP contribution in [0.25, 0.3) is 21.3 Å². The molecule has 0 spiro atoms. The van der Waals surface area contributed by atoms with Gasteiger partial charge in [0, 0.05) is 35.9 Å². The summed E-state index contributed by atoms with van der Waals surface area (Å²) in [5.41, 5.74) is 4.86. The smallest absolute Gasteiger partial charge is 0.229 e. The number of thiazole rings is 1. The fourth-order valence-corrected chi connectivity index (χ4v) is 5.32. The number of aromatic nitrogens is 5. The lowest BCUT2D eigenvalue weighted by Crippen LogP contribution is -2.41. The number of nitrogens with zero attached hydrogens (tertiary/aromatic N) is 5. The van der Waals surface area contributed by atoms with Crippen LogP contribution in [0.2, 0.25) is 0 Å². The first-order chi connectivity index (χ1) is 18.6. The normalized spacial score (nSPS) is 15.5. The van der Waals surface area contributed by atoms with E-state index in [2.05, 4.69) is 30.7 Å². The molecule has 0 radical (unpaired) electrons. The number of carbonyl (C=O) groups excluding carboxylic acids is 1.